The third-order valence-electron chi connectivity index (χ3n) is 4.47. The van der Waals surface area contributed by atoms with Crippen LogP contribution in [-0.2, 0) is 10.9 Å². The second-order valence-electron chi connectivity index (χ2n) is 6.36. The van der Waals surface area contributed by atoms with Crippen LogP contribution in [0.5, 0.6) is 6.01 Å². The van der Waals surface area contributed by atoms with E-state index in [1.54, 1.807) is 4.90 Å². The van der Waals surface area contributed by atoms with Gasteiger partial charge < -0.3 is 19.7 Å². The van der Waals surface area contributed by atoms with Crippen LogP contribution in [0.3, 0.4) is 0 Å². The highest BCUT2D eigenvalue weighted by Crippen LogP contribution is 2.28. The third-order valence-corrected chi connectivity index (χ3v) is 4.47. The van der Waals surface area contributed by atoms with Gasteiger partial charge in [0.25, 0.3) is 0 Å². The first-order valence-electron chi connectivity index (χ1n) is 8.62. The minimum atomic E-state index is -4.54. The fourth-order valence-corrected chi connectivity index (χ4v) is 2.99. The van der Waals surface area contributed by atoms with E-state index in [1.165, 1.54) is 0 Å². The molecule has 144 valence electrons. The Morgan fingerprint density at radius 3 is 2.58 bits per heavy atom. The molecule has 0 saturated carbocycles. The summed E-state index contributed by atoms with van der Waals surface area (Å²) in [5, 5.41) is 2.99. The van der Waals surface area contributed by atoms with Gasteiger partial charge in [-0.05, 0) is 18.9 Å². The zero-order valence-corrected chi connectivity index (χ0v) is 14.2. The van der Waals surface area contributed by atoms with Crippen molar-refractivity contribution in [1.82, 2.24) is 20.2 Å². The first kappa shape index (κ1) is 18.7. The number of nitrogens with one attached hydrogen (secondary N) is 1. The van der Waals surface area contributed by atoms with E-state index in [0.29, 0.717) is 39.1 Å². The number of carbonyl (C=O) groups is 1. The smallest absolute Gasteiger partial charge is 0.433 e. The molecule has 3 heterocycles. The first-order valence-corrected chi connectivity index (χ1v) is 8.62. The molecule has 1 aromatic heterocycles. The minimum absolute atomic E-state index is 0.120. The number of nitrogens with zero attached hydrogens (tertiary/aromatic N) is 3. The summed E-state index contributed by atoms with van der Waals surface area (Å²) in [6, 6.07) is 0.523. The average molecular weight is 374 g/mol. The number of amides is 2. The molecule has 2 saturated heterocycles. The molecular formula is C16H21F3N4O3. The predicted octanol–water partition coefficient (Wildman–Crippen LogP) is 2.23. The molecule has 0 aliphatic carbocycles. The van der Waals surface area contributed by atoms with Crippen LogP contribution in [0.4, 0.5) is 18.0 Å². The molecule has 1 N–H and O–H groups in total. The van der Waals surface area contributed by atoms with Gasteiger partial charge in [-0.2, -0.15) is 18.2 Å². The Morgan fingerprint density at radius 1 is 1.23 bits per heavy atom. The van der Waals surface area contributed by atoms with Crippen LogP contribution in [-0.4, -0.2) is 59.3 Å². The van der Waals surface area contributed by atoms with Crippen LogP contribution in [0.2, 0.25) is 0 Å². The molecule has 2 fully saturated rings. The van der Waals surface area contributed by atoms with Crippen LogP contribution in [0, 0.1) is 0 Å². The summed E-state index contributed by atoms with van der Waals surface area (Å²) < 4.78 is 48.8. The molecule has 3 rings (SSSR count). The molecule has 0 atom stereocenters. The summed E-state index contributed by atoms with van der Waals surface area (Å²) in [5.41, 5.74) is -1.03. The van der Waals surface area contributed by atoms with Gasteiger partial charge in [-0.3, -0.25) is 0 Å². The summed E-state index contributed by atoms with van der Waals surface area (Å²) in [5.74, 6) is 0. The van der Waals surface area contributed by atoms with Crippen molar-refractivity contribution < 1.29 is 27.4 Å². The maximum Gasteiger partial charge on any atom is 0.433 e. The molecule has 0 bridgehead atoms. The molecule has 2 aliphatic rings. The number of halogens is 3. The van der Waals surface area contributed by atoms with Gasteiger partial charge in [-0.15, -0.1) is 0 Å². The van der Waals surface area contributed by atoms with Crippen molar-refractivity contribution in [2.24, 2.45) is 0 Å². The first-order chi connectivity index (χ1) is 12.4. The molecule has 0 unspecified atom stereocenters. The number of piperidine rings is 1. The molecule has 0 aromatic carbocycles. The van der Waals surface area contributed by atoms with Gasteiger partial charge in [-0.1, -0.05) is 0 Å². The van der Waals surface area contributed by atoms with Crippen LogP contribution in [0.1, 0.15) is 31.4 Å². The van der Waals surface area contributed by atoms with Crippen molar-refractivity contribution in [3.05, 3.63) is 18.0 Å². The highest BCUT2D eigenvalue weighted by Gasteiger charge is 2.33. The van der Waals surface area contributed by atoms with Crippen molar-refractivity contribution >= 4 is 6.03 Å². The zero-order chi connectivity index (χ0) is 18.6. The highest BCUT2D eigenvalue weighted by atomic mass is 19.4. The quantitative estimate of drug-likeness (QED) is 0.878. The Morgan fingerprint density at radius 2 is 1.92 bits per heavy atom. The number of hydrogen-bond donors (Lipinski definition) is 1. The summed E-state index contributed by atoms with van der Waals surface area (Å²) in [7, 11) is 0. The van der Waals surface area contributed by atoms with Gasteiger partial charge in [-0.25, -0.2) is 9.78 Å². The molecule has 0 spiro atoms. The van der Waals surface area contributed by atoms with Crippen LogP contribution >= 0.6 is 0 Å². The number of rotatable bonds is 3. The molecule has 10 heteroatoms. The summed E-state index contributed by atoms with van der Waals surface area (Å²) >= 11 is 0. The molecule has 2 aliphatic heterocycles. The van der Waals surface area contributed by atoms with Crippen molar-refractivity contribution in [1.29, 1.82) is 0 Å². The van der Waals surface area contributed by atoms with Crippen molar-refractivity contribution in [2.45, 2.75) is 44.0 Å². The van der Waals surface area contributed by atoms with E-state index in [9.17, 15) is 18.0 Å². The number of alkyl halides is 3. The fourth-order valence-electron chi connectivity index (χ4n) is 2.99. The van der Waals surface area contributed by atoms with E-state index in [2.05, 4.69) is 15.3 Å². The standard InChI is InChI=1S/C16H21F3N4O3/c17-16(18,19)13-1-6-20-14(22-13)26-12-2-7-23(8-3-12)15(24)21-11-4-9-25-10-5-11/h1,6,11-12H,2-5,7-10H2,(H,21,24). The van der Waals surface area contributed by atoms with Gasteiger partial charge in [0.1, 0.15) is 6.10 Å². The summed E-state index contributed by atoms with van der Waals surface area (Å²) in [6.45, 7) is 2.24. The highest BCUT2D eigenvalue weighted by molar-refractivity contribution is 5.74. The molecule has 26 heavy (non-hydrogen) atoms. The molecule has 0 radical (unpaired) electrons. The van der Waals surface area contributed by atoms with Crippen molar-refractivity contribution in [3.63, 3.8) is 0 Å². The number of aromatic nitrogens is 2. The normalized spacial score (nSPS) is 20.0. The SMILES string of the molecule is O=C(NC1CCOCC1)N1CCC(Oc2nccc(C(F)(F)F)n2)CC1. The van der Waals surface area contributed by atoms with Crippen LogP contribution in [0.25, 0.3) is 0 Å². The zero-order valence-electron chi connectivity index (χ0n) is 14.2. The fraction of sp³-hybridized carbons (Fsp3) is 0.688. The summed E-state index contributed by atoms with van der Waals surface area (Å²) in [6.07, 6.45) is -1.18. The monoisotopic (exact) mass is 374 g/mol. The van der Waals surface area contributed by atoms with Crippen LogP contribution in [0.15, 0.2) is 12.3 Å². The van der Waals surface area contributed by atoms with E-state index in [0.717, 1.165) is 25.1 Å². The maximum atomic E-state index is 12.7. The molecular weight excluding hydrogens is 353 g/mol. The van der Waals surface area contributed by atoms with Gasteiger partial charge in [0.2, 0.25) is 0 Å². The Hall–Kier alpha value is -2.10. The Bertz CT molecular complexity index is 615. The lowest BCUT2D eigenvalue weighted by Gasteiger charge is -2.33. The molecule has 1 aromatic rings. The third kappa shape index (κ3) is 4.96. The average Bonchev–Trinajstić information content (AvgIpc) is 2.63. The number of carbonyl (C=O) groups excluding carboxylic acids is 1. The Balaban J connectivity index is 1.47. The van der Waals surface area contributed by atoms with Gasteiger partial charge >= 0.3 is 18.2 Å². The van der Waals surface area contributed by atoms with E-state index >= 15 is 0 Å². The summed E-state index contributed by atoms with van der Waals surface area (Å²) in [4.78, 5) is 21.1. The van der Waals surface area contributed by atoms with Crippen molar-refractivity contribution in [3.8, 4) is 6.01 Å². The Kier molecular flexibility index (Phi) is 5.80. The number of likely N-dealkylation sites (tertiary alicyclic amines) is 1. The van der Waals surface area contributed by atoms with Crippen LogP contribution < -0.4 is 10.1 Å². The second-order valence-corrected chi connectivity index (χ2v) is 6.36. The van der Waals surface area contributed by atoms with E-state index in [1.807, 2.05) is 0 Å². The Labute approximate surface area is 148 Å². The van der Waals surface area contributed by atoms with Gasteiger partial charge in [0.05, 0.1) is 0 Å². The molecule has 2 amide bonds. The van der Waals surface area contributed by atoms with E-state index < -0.39 is 11.9 Å². The van der Waals surface area contributed by atoms with E-state index in [-0.39, 0.29) is 24.2 Å². The second kappa shape index (κ2) is 8.07. The topological polar surface area (TPSA) is 76.6 Å². The lowest BCUT2D eigenvalue weighted by atomic mass is 10.1. The lowest BCUT2D eigenvalue weighted by molar-refractivity contribution is -0.141. The van der Waals surface area contributed by atoms with E-state index in [4.69, 9.17) is 9.47 Å². The van der Waals surface area contributed by atoms with Crippen molar-refractivity contribution in [2.75, 3.05) is 26.3 Å². The predicted molar refractivity (Wildman–Crippen MR) is 84.6 cm³/mol. The maximum absolute atomic E-state index is 12.7. The number of ether oxygens (including phenoxy) is 2. The number of urea groups is 1. The lowest BCUT2D eigenvalue weighted by Crippen LogP contribution is -2.50. The molecule has 7 nitrogen and oxygen atoms in total. The number of hydrogen-bond acceptors (Lipinski definition) is 5. The van der Waals surface area contributed by atoms with Gasteiger partial charge in [0.15, 0.2) is 5.69 Å². The van der Waals surface area contributed by atoms with Gasteiger partial charge in [0, 0.05) is 51.4 Å². The minimum Gasteiger partial charge on any atom is -0.460 e. The largest absolute Gasteiger partial charge is 0.460 e.